The Balaban J connectivity index is 1.90. The summed E-state index contributed by atoms with van der Waals surface area (Å²) in [7, 11) is 0. The van der Waals surface area contributed by atoms with E-state index in [0.29, 0.717) is 21.8 Å². The molecule has 8 heteroatoms. The van der Waals surface area contributed by atoms with E-state index >= 15 is 0 Å². The molecule has 6 nitrogen and oxygen atoms in total. The van der Waals surface area contributed by atoms with E-state index in [1.165, 1.54) is 16.9 Å². The SMILES string of the molecule is CC(C)(C)[C@H](CO)Nc1nc(SCc2ccccc2)nc2nc(N)sc12. The number of thiazole rings is 1. The van der Waals surface area contributed by atoms with Gasteiger partial charge in [0.1, 0.15) is 4.70 Å². The molecular formula is C18H23N5OS2. The molecule has 0 saturated heterocycles. The van der Waals surface area contributed by atoms with Gasteiger partial charge in [-0.2, -0.15) is 0 Å². The van der Waals surface area contributed by atoms with Gasteiger partial charge in [-0.25, -0.2) is 15.0 Å². The molecule has 3 rings (SSSR count). The summed E-state index contributed by atoms with van der Waals surface area (Å²) in [5.41, 5.74) is 7.55. The van der Waals surface area contributed by atoms with Crippen LogP contribution in [0.15, 0.2) is 35.5 Å². The van der Waals surface area contributed by atoms with Gasteiger partial charge in [-0.15, -0.1) is 0 Å². The third-order valence-corrected chi connectivity index (χ3v) is 5.80. The van der Waals surface area contributed by atoms with E-state index in [0.717, 1.165) is 10.5 Å². The topological polar surface area (TPSA) is 97.0 Å². The van der Waals surface area contributed by atoms with E-state index in [-0.39, 0.29) is 18.1 Å². The summed E-state index contributed by atoms with van der Waals surface area (Å²) in [6.07, 6.45) is 0. The maximum Gasteiger partial charge on any atom is 0.191 e. The standard InChI is InChI=1S/C18H23N5OS2/c1-18(2,3)12(9-24)20-14-13-15(21-16(19)26-13)23-17(22-14)25-10-11-7-5-4-6-8-11/h4-8,12,24H,9-10H2,1-3H3,(H3,19,20,21,22,23)/t12-/m0/s1. The van der Waals surface area contributed by atoms with Crippen LogP contribution in [0.4, 0.5) is 10.9 Å². The van der Waals surface area contributed by atoms with Gasteiger partial charge >= 0.3 is 0 Å². The van der Waals surface area contributed by atoms with Crippen molar-refractivity contribution in [2.24, 2.45) is 5.41 Å². The lowest BCUT2D eigenvalue weighted by Crippen LogP contribution is -2.37. The van der Waals surface area contributed by atoms with Crippen LogP contribution in [0.2, 0.25) is 0 Å². The van der Waals surface area contributed by atoms with Crippen LogP contribution in [0.5, 0.6) is 0 Å². The van der Waals surface area contributed by atoms with Crippen molar-refractivity contribution in [1.82, 2.24) is 15.0 Å². The van der Waals surface area contributed by atoms with Crippen molar-refractivity contribution in [2.45, 2.75) is 37.7 Å². The summed E-state index contributed by atoms with van der Waals surface area (Å²) in [6.45, 7) is 6.23. The second-order valence-electron chi connectivity index (χ2n) is 7.08. The van der Waals surface area contributed by atoms with Crippen LogP contribution in [-0.4, -0.2) is 32.7 Å². The number of nitrogens with zero attached hydrogens (tertiary/aromatic N) is 3. The minimum absolute atomic E-state index is 0.00970. The average molecular weight is 390 g/mol. The van der Waals surface area contributed by atoms with E-state index in [2.05, 4.69) is 53.2 Å². The van der Waals surface area contributed by atoms with Crippen molar-refractivity contribution < 1.29 is 5.11 Å². The molecule has 0 amide bonds. The molecule has 3 aromatic rings. The highest BCUT2D eigenvalue weighted by atomic mass is 32.2. The lowest BCUT2D eigenvalue weighted by atomic mass is 9.87. The second-order valence-corrected chi connectivity index (χ2v) is 9.05. The minimum Gasteiger partial charge on any atom is -0.394 e. The Kier molecular flexibility index (Phi) is 5.64. The fraction of sp³-hybridized carbons (Fsp3) is 0.389. The Bertz CT molecular complexity index is 876. The maximum absolute atomic E-state index is 9.77. The zero-order chi connectivity index (χ0) is 18.7. The summed E-state index contributed by atoms with van der Waals surface area (Å²) in [4.78, 5) is 13.5. The number of nitrogens with two attached hydrogens (primary N) is 1. The summed E-state index contributed by atoms with van der Waals surface area (Å²) in [5, 5.41) is 14.2. The summed E-state index contributed by atoms with van der Waals surface area (Å²) < 4.78 is 0.814. The largest absolute Gasteiger partial charge is 0.394 e. The third kappa shape index (κ3) is 4.44. The number of rotatable bonds is 6. The highest BCUT2D eigenvalue weighted by Gasteiger charge is 2.25. The zero-order valence-corrected chi connectivity index (χ0v) is 16.7. The number of fused-ring (bicyclic) bond motifs is 1. The fourth-order valence-corrected chi connectivity index (χ4v) is 3.93. The van der Waals surface area contributed by atoms with Gasteiger partial charge in [-0.1, -0.05) is 74.2 Å². The molecule has 0 radical (unpaired) electrons. The molecule has 26 heavy (non-hydrogen) atoms. The number of nitrogen functional groups attached to an aromatic ring is 1. The molecule has 0 fully saturated rings. The fourth-order valence-electron chi connectivity index (χ4n) is 2.41. The monoisotopic (exact) mass is 389 g/mol. The van der Waals surface area contributed by atoms with Gasteiger partial charge in [0.05, 0.1) is 12.6 Å². The zero-order valence-electron chi connectivity index (χ0n) is 15.1. The summed E-state index contributed by atoms with van der Waals surface area (Å²) in [6, 6.07) is 10.0. The summed E-state index contributed by atoms with van der Waals surface area (Å²) in [5.74, 6) is 1.45. The van der Waals surface area contributed by atoms with E-state index in [4.69, 9.17) is 5.73 Å². The number of aromatic nitrogens is 3. The van der Waals surface area contributed by atoms with Crippen LogP contribution in [0.1, 0.15) is 26.3 Å². The number of hydrogen-bond donors (Lipinski definition) is 3. The van der Waals surface area contributed by atoms with Crippen molar-refractivity contribution in [1.29, 1.82) is 0 Å². The predicted octanol–water partition coefficient (Wildman–Crippen LogP) is 3.78. The maximum atomic E-state index is 9.77. The highest BCUT2D eigenvalue weighted by Crippen LogP contribution is 2.33. The van der Waals surface area contributed by atoms with Crippen molar-refractivity contribution in [3.05, 3.63) is 35.9 Å². The van der Waals surface area contributed by atoms with Crippen molar-refractivity contribution in [3.8, 4) is 0 Å². The molecule has 1 aromatic carbocycles. The second kappa shape index (κ2) is 7.77. The molecule has 0 aliphatic carbocycles. The number of aliphatic hydroxyl groups is 1. The van der Waals surface area contributed by atoms with Crippen molar-refractivity contribution >= 4 is 44.4 Å². The Morgan fingerprint density at radius 2 is 1.92 bits per heavy atom. The first-order chi connectivity index (χ1) is 12.4. The molecule has 1 atom stereocenters. The van der Waals surface area contributed by atoms with Gasteiger partial charge in [0.25, 0.3) is 0 Å². The van der Waals surface area contributed by atoms with Crippen molar-refractivity contribution in [3.63, 3.8) is 0 Å². The number of thioether (sulfide) groups is 1. The molecule has 4 N–H and O–H groups in total. The lowest BCUT2D eigenvalue weighted by Gasteiger charge is -2.30. The van der Waals surface area contributed by atoms with Crippen LogP contribution in [-0.2, 0) is 5.75 Å². The molecule has 0 unspecified atom stereocenters. The van der Waals surface area contributed by atoms with E-state index < -0.39 is 0 Å². The Hall–Kier alpha value is -1.90. The number of aliphatic hydroxyl groups excluding tert-OH is 1. The highest BCUT2D eigenvalue weighted by molar-refractivity contribution is 7.98. The molecular weight excluding hydrogens is 366 g/mol. The molecule has 0 saturated carbocycles. The first-order valence-electron chi connectivity index (χ1n) is 8.35. The molecule has 0 spiro atoms. The van der Waals surface area contributed by atoms with Gasteiger partial charge in [0.15, 0.2) is 21.8 Å². The van der Waals surface area contributed by atoms with E-state index in [9.17, 15) is 5.11 Å². The number of benzene rings is 1. The minimum atomic E-state index is -0.143. The first kappa shape index (κ1) is 18.9. The van der Waals surface area contributed by atoms with Gasteiger partial charge in [0.2, 0.25) is 0 Å². The number of nitrogens with one attached hydrogen (secondary N) is 1. The van der Waals surface area contributed by atoms with Crippen molar-refractivity contribution in [2.75, 3.05) is 17.7 Å². The van der Waals surface area contributed by atoms with Gasteiger partial charge in [-0.05, 0) is 11.0 Å². The lowest BCUT2D eigenvalue weighted by molar-refractivity contribution is 0.201. The van der Waals surface area contributed by atoms with Crippen LogP contribution in [0, 0.1) is 5.41 Å². The first-order valence-corrected chi connectivity index (χ1v) is 10.1. The molecule has 0 aliphatic heterocycles. The molecule has 2 aromatic heterocycles. The molecule has 0 bridgehead atoms. The van der Waals surface area contributed by atoms with Gasteiger partial charge in [-0.3, -0.25) is 0 Å². The Morgan fingerprint density at radius 1 is 1.19 bits per heavy atom. The van der Waals surface area contributed by atoms with Crippen LogP contribution in [0.3, 0.4) is 0 Å². The Morgan fingerprint density at radius 3 is 2.58 bits per heavy atom. The summed E-state index contributed by atoms with van der Waals surface area (Å²) >= 11 is 2.91. The quantitative estimate of drug-likeness (QED) is 0.436. The van der Waals surface area contributed by atoms with Crippen LogP contribution in [0.25, 0.3) is 10.3 Å². The van der Waals surface area contributed by atoms with Gasteiger partial charge in [0, 0.05) is 5.75 Å². The average Bonchev–Trinajstić information content (AvgIpc) is 2.98. The Labute approximate surface area is 161 Å². The van der Waals surface area contributed by atoms with E-state index in [1.54, 1.807) is 11.8 Å². The third-order valence-electron chi connectivity index (χ3n) is 4.00. The van der Waals surface area contributed by atoms with Crippen LogP contribution < -0.4 is 11.1 Å². The normalized spacial score (nSPS) is 13.1. The van der Waals surface area contributed by atoms with Gasteiger partial charge < -0.3 is 16.2 Å². The smallest absolute Gasteiger partial charge is 0.191 e. The van der Waals surface area contributed by atoms with Crippen LogP contribution >= 0.6 is 23.1 Å². The molecule has 2 heterocycles. The predicted molar refractivity (Wildman–Crippen MR) is 110 cm³/mol. The number of hydrogen-bond acceptors (Lipinski definition) is 8. The number of anilines is 2. The van der Waals surface area contributed by atoms with E-state index in [1.807, 2.05) is 18.2 Å². The molecule has 138 valence electrons. The molecule has 0 aliphatic rings.